The minimum Gasteiger partial charge on any atom is -0.319 e. The van der Waals surface area contributed by atoms with Crippen LogP contribution in [0.15, 0.2) is 0 Å². The first kappa shape index (κ1) is 10.9. The number of hydrogen-bond donors (Lipinski definition) is 2. The third-order valence-electron chi connectivity index (χ3n) is 2.34. The second-order valence-corrected chi connectivity index (χ2v) is 5.69. The SMILES string of the molecule is CNCCS(=O)(=O)NC1CC(C)C1. The van der Waals surface area contributed by atoms with E-state index in [1.165, 1.54) is 0 Å². The van der Waals surface area contributed by atoms with Crippen molar-refractivity contribution in [3.63, 3.8) is 0 Å². The van der Waals surface area contributed by atoms with Crippen LogP contribution in [0.3, 0.4) is 0 Å². The van der Waals surface area contributed by atoms with Gasteiger partial charge in [-0.15, -0.1) is 0 Å². The highest BCUT2D eigenvalue weighted by atomic mass is 32.2. The van der Waals surface area contributed by atoms with Crippen molar-refractivity contribution in [1.82, 2.24) is 10.0 Å². The van der Waals surface area contributed by atoms with Crippen LogP contribution in [0.1, 0.15) is 19.8 Å². The fourth-order valence-electron chi connectivity index (χ4n) is 1.55. The lowest BCUT2D eigenvalue weighted by Gasteiger charge is -2.32. The number of sulfonamides is 1. The molecule has 0 bridgehead atoms. The van der Waals surface area contributed by atoms with Crippen molar-refractivity contribution in [1.29, 1.82) is 0 Å². The third-order valence-corrected chi connectivity index (χ3v) is 3.77. The van der Waals surface area contributed by atoms with E-state index >= 15 is 0 Å². The van der Waals surface area contributed by atoms with E-state index < -0.39 is 10.0 Å². The molecule has 0 amide bonds. The summed E-state index contributed by atoms with van der Waals surface area (Å²) in [5.41, 5.74) is 0. The van der Waals surface area contributed by atoms with Crippen molar-refractivity contribution in [3.05, 3.63) is 0 Å². The van der Waals surface area contributed by atoms with Gasteiger partial charge in [0.05, 0.1) is 5.75 Å². The van der Waals surface area contributed by atoms with Crippen LogP contribution >= 0.6 is 0 Å². The molecule has 13 heavy (non-hydrogen) atoms. The molecule has 2 N–H and O–H groups in total. The van der Waals surface area contributed by atoms with Gasteiger partial charge in [-0.1, -0.05) is 6.92 Å². The Labute approximate surface area is 80.1 Å². The molecule has 0 aliphatic heterocycles. The number of rotatable bonds is 5. The van der Waals surface area contributed by atoms with Crippen LogP contribution in [0.4, 0.5) is 0 Å². The maximum Gasteiger partial charge on any atom is 0.213 e. The minimum atomic E-state index is -3.04. The van der Waals surface area contributed by atoms with Gasteiger partial charge in [0.25, 0.3) is 0 Å². The Hall–Kier alpha value is -0.130. The molecule has 0 atom stereocenters. The Bertz CT molecular complexity index is 245. The number of nitrogens with one attached hydrogen (secondary N) is 2. The Morgan fingerprint density at radius 3 is 2.46 bits per heavy atom. The molecule has 1 saturated carbocycles. The largest absolute Gasteiger partial charge is 0.319 e. The van der Waals surface area contributed by atoms with Gasteiger partial charge >= 0.3 is 0 Å². The van der Waals surface area contributed by atoms with Crippen molar-refractivity contribution < 1.29 is 8.42 Å². The topological polar surface area (TPSA) is 58.2 Å². The molecule has 0 spiro atoms. The highest BCUT2D eigenvalue weighted by molar-refractivity contribution is 7.89. The predicted octanol–water partition coefficient (Wildman–Crippen LogP) is -0.0763. The Kier molecular flexibility index (Phi) is 3.70. The summed E-state index contributed by atoms with van der Waals surface area (Å²) < 4.78 is 25.4. The molecular formula is C8H18N2O2S. The fourth-order valence-corrected chi connectivity index (χ4v) is 2.84. The molecule has 0 aromatic heterocycles. The van der Waals surface area contributed by atoms with Crippen LogP contribution in [-0.4, -0.2) is 33.8 Å². The van der Waals surface area contributed by atoms with Crippen LogP contribution in [0.2, 0.25) is 0 Å². The molecule has 1 aliphatic rings. The smallest absolute Gasteiger partial charge is 0.213 e. The van der Waals surface area contributed by atoms with E-state index in [1.807, 2.05) is 0 Å². The van der Waals surface area contributed by atoms with E-state index in [0.717, 1.165) is 12.8 Å². The van der Waals surface area contributed by atoms with Crippen molar-refractivity contribution in [3.8, 4) is 0 Å². The zero-order chi connectivity index (χ0) is 9.90. The molecule has 1 aliphatic carbocycles. The lowest BCUT2D eigenvalue weighted by Crippen LogP contribution is -2.45. The molecule has 0 unspecified atom stereocenters. The average Bonchev–Trinajstić information content (AvgIpc) is 1.98. The average molecular weight is 206 g/mol. The van der Waals surface area contributed by atoms with Crippen molar-refractivity contribution in [2.45, 2.75) is 25.8 Å². The van der Waals surface area contributed by atoms with E-state index in [-0.39, 0.29) is 11.8 Å². The minimum absolute atomic E-state index is 0.175. The molecule has 1 fully saturated rings. The van der Waals surface area contributed by atoms with Crippen molar-refractivity contribution in [2.24, 2.45) is 5.92 Å². The quantitative estimate of drug-likeness (QED) is 0.661. The lowest BCUT2D eigenvalue weighted by molar-refractivity contribution is 0.270. The summed E-state index contributed by atoms with van der Waals surface area (Å²) in [6.45, 7) is 2.65. The van der Waals surface area contributed by atoms with E-state index in [1.54, 1.807) is 7.05 Å². The fraction of sp³-hybridized carbons (Fsp3) is 1.00. The van der Waals surface area contributed by atoms with E-state index in [4.69, 9.17) is 0 Å². The Balaban J connectivity index is 2.26. The van der Waals surface area contributed by atoms with Gasteiger partial charge in [0.1, 0.15) is 0 Å². The summed E-state index contributed by atoms with van der Waals surface area (Å²) in [7, 11) is -1.29. The third kappa shape index (κ3) is 3.62. The highest BCUT2D eigenvalue weighted by Crippen LogP contribution is 2.26. The van der Waals surface area contributed by atoms with E-state index in [0.29, 0.717) is 12.5 Å². The van der Waals surface area contributed by atoms with Gasteiger partial charge in [0, 0.05) is 12.6 Å². The summed E-state index contributed by atoms with van der Waals surface area (Å²) in [6.07, 6.45) is 1.97. The summed E-state index contributed by atoms with van der Waals surface area (Å²) in [5, 5.41) is 2.82. The summed E-state index contributed by atoms with van der Waals surface area (Å²) >= 11 is 0. The molecule has 0 radical (unpaired) electrons. The molecule has 0 aromatic rings. The summed E-state index contributed by atoms with van der Waals surface area (Å²) in [4.78, 5) is 0. The lowest BCUT2D eigenvalue weighted by atomic mass is 9.83. The molecule has 5 heteroatoms. The normalized spacial score (nSPS) is 28.5. The Morgan fingerprint density at radius 1 is 1.38 bits per heavy atom. The first-order valence-electron chi connectivity index (χ1n) is 4.68. The predicted molar refractivity (Wildman–Crippen MR) is 53.0 cm³/mol. The van der Waals surface area contributed by atoms with Crippen LogP contribution in [0.5, 0.6) is 0 Å². The van der Waals surface area contributed by atoms with Gasteiger partial charge in [0.2, 0.25) is 10.0 Å². The van der Waals surface area contributed by atoms with Gasteiger partial charge in [-0.25, -0.2) is 13.1 Å². The first-order chi connectivity index (χ1) is 6.03. The highest BCUT2D eigenvalue weighted by Gasteiger charge is 2.28. The first-order valence-corrected chi connectivity index (χ1v) is 6.33. The van der Waals surface area contributed by atoms with Crippen LogP contribution < -0.4 is 10.0 Å². The van der Waals surface area contributed by atoms with Crippen LogP contribution in [-0.2, 0) is 10.0 Å². The second-order valence-electron chi connectivity index (χ2n) is 3.81. The van der Waals surface area contributed by atoms with Crippen molar-refractivity contribution in [2.75, 3.05) is 19.3 Å². The standard InChI is InChI=1S/C8H18N2O2S/c1-7-5-8(6-7)10-13(11,12)4-3-9-2/h7-10H,3-6H2,1-2H3. The van der Waals surface area contributed by atoms with Crippen molar-refractivity contribution >= 4 is 10.0 Å². The van der Waals surface area contributed by atoms with Gasteiger partial charge in [-0.3, -0.25) is 0 Å². The van der Waals surface area contributed by atoms with Gasteiger partial charge < -0.3 is 5.32 Å². The zero-order valence-corrected chi connectivity index (χ0v) is 9.02. The second kappa shape index (κ2) is 4.39. The number of hydrogen-bond acceptors (Lipinski definition) is 3. The molecule has 4 nitrogen and oxygen atoms in total. The van der Waals surface area contributed by atoms with E-state index in [9.17, 15) is 8.42 Å². The molecular weight excluding hydrogens is 188 g/mol. The van der Waals surface area contributed by atoms with Gasteiger partial charge in [0.15, 0.2) is 0 Å². The monoisotopic (exact) mass is 206 g/mol. The summed E-state index contributed by atoms with van der Waals surface area (Å²) in [6, 6.07) is 0.192. The van der Waals surface area contributed by atoms with Gasteiger partial charge in [-0.05, 0) is 25.8 Å². The molecule has 0 aromatic carbocycles. The van der Waals surface area contributed by atoms with Crippen LogP contribution in [0, 0.1) is 5.92 Å². The van der Waals surface area contributed by atoms with Crippen LogP contribution in [0.25, 0.3) is 0 Å². The molecule has 78 valence electrons. The zero-order valence-electron chi connectivity index (χ0n) is 8.21. The maximum atomic E-state index is 11.3. The molecule has 1 rings (SSSR count). The van der Waals surface area contributed by atoms with E-state index in [2.05, 4.69) is 17.0 Å². The molecule has 0 heterocycles. The summed E-state index contributed by atoms with van der Waals surface area (Å²) in [5.74, 6) is 0.853. The molecule has 0 saturated heterocycles. The Morgan fingerprint density at radius 2 is 2.00 bits per heavy atom. The maximum absolute atomic E-state index is 11.3. The van der Waals surface area contributed by atoms with Gasteiger partial charge in [-0.2, -0.15) is 0 Å².